The molecule has 0 aromatic carbocycles. The van der Waals surface area contributed by atoms with Crippen molar-refractivity contribution in [3.8, 4) is 0 Å². The predicted molar refractivity (Wildman–Crippen MR) is 87.8 cm³/mol. The number of ether oxygens (including phenoxy) is 1. The van der Waals surface area contributed by atoms with Crippen molar-refractivity contribution in [3.63, 3.8) is 0 Å². The molecule has 1 rings (SSSR count). The monoisotopic (exact) mass is 377 g/mol. The lowest BCUT2D eigenvalue weighted by Crippen LogP contribution is -2.14. The minimum absolute atomic E-state index is 0.222. The zero-order valence-electron chi connectivity index (χ0n) is 12.3. The van der Waals surface area contributed by atoms with Crippen LogP contribution in [0.25, 0.3) is 0 Å². The van der Waals surface area contributed by atoms with Crippen molar-refractivity contribution < 1.29 is 4.74 Å². The summed E-state index contributed by atoms with van der Waals surface area (Å²) in [6.45, 7) is 8.03. The molecule has 5 heteroatoms. The van der Waals surface area contributed by atoms with Gasteiger partial charge in [0.15, 0.2) is 0 Å². The van der Waals surface area contributed by atoms with Crippen molar-refractivity contribution >= 4 is 28.4 Å². The number of aromatic nitrogens is 2. The minimum atomic E-state index is 0.222. The number of anilines is 1. The van der Waals surface area contributed by atoms with Gasteiger partial charge in [0.2, 0.25) is 0 Å². The number of hydrogen-bond acceptors (Lipinski definition) is 4. The summed E-state index contributed by atoms with van der Waals surface area (Å²) in [5.74, 6) is 2.07. The lowest BCUT2D eigenvalue weighted by Gasteiger charge is -2.15. The zero-order valence-corrected chi connectivity index (χ0v) is 14.5. The standard InChI is InChI=1S/C14H24IN3O/c1-5-7-11-12(15)14(16-8-6-2)18-13(17-11)10(3)9-19-4/h10H,5-9H2,1-4H3,(H,16,17,18). The summed E-state index contributed by atoms with van der Waals surface area (Å²) in [4.78, 5) is 9.37. The van der Waals surface area contributed by atoms with Gasteiger partial charge in [-0.05, 0) is 35.4 Å². The van der Waals surface area contributed by atoms with Crippen molar-refractivity contribution in [2.75, 3.05) is 25.6 Å². The number of nitrogens with zero attached hydrogens (tertiary/aromatic N) is 2. The van der Waals surface area contributed by atoms with E-state index in [-0.39, 0.29) is 5.92 Å². The van der Waals surface area contributed by atoms with Crippen molar-refractivity contribution in [2.24, 2.45) is 0 Å². The van der Waals surface area contributed by atoms with Gasteiger partial charge < -0.3 is 10.1 Å². The third kappa shape index (κ3) is 4.87. The maximum atomic E-state index is 5.21. The van der Waals surface area contributed by atoms with Gasteiger partial charge in [-0.2, -0.15) is 0 Å². The van der Waals surface area contributed by atoms with E-state index in [9.17, 15) is 0 Å². The molecule has 0 saturated heterocycles. The molecule has 4 nitrogen and oxygen atoms in total. The van der Waals surface area contributed by atoms with Crippen LogP contribution in [0.15, 0.2) is 0 Å². The van der Waals surface area contributed by atoms with Crippen LogP contribution in [0.1, 0.15) is 51.0 Å². The molecule has 0 amide bonds. The first-order valence-electron chi connectivity index (χ1n) is 6.93. The molecule has 0 radical (unpaired) electrons. The lowest BCUT2D eigenvalue weighted by atomic mass is 10.1. The highest BCUT2D eigenvalue weighted by molar-refractivity contribution is 14.1. The quantitative estimate of drug-likeness (QED) is 0.704. The molecule has 108 valence electrons. The van der Waals surface area contributed by atoms with Crippen molar-refractivity contribution in [1.29, 1.82) is 0 Å². The molecule has 1 atom stereocenters. The molecule has 0 bridgehead atoms. The number of rotatable bonds is 8. The molecule has 1 aromatic rings. The molecule has 1 aromatic heterocycles. The second-order valence-electron chi connectivity index (χ2n) is 4.72. The third-order valence-corrected chi connectivity index (χ3v) is 3.96. The van der Waals surface area contributed by atoms with Gasteiger partial charge in [0.25, 0.3) is 0 Å². The topological polar surface area (TPSA) is 47.0 Å². The van der Waals surface area contributed by atoms with Crippen LogP contribution in [0.4, 0.5) is 5.82 Å². The first-order chi connectivity index (χ1) is 9.13. The van der Waals surface area contributed by atoms with Gasteiger partial charge in [0.1, 0.15) is 11.6 Å². The first-order valence-corrected chi connectivity index (χ1v) is 8.00. The Bertz CT molecular complexity index is 399. The van der Waals surface area contributed by atoms with E-state index in [0.717, 1.165) is 46.7 Å². The third-order valence-electron chi connectivity index (χ3n) is 2.82. The van der Waals surface area contributed by atoms with Crippen LogP contribution in [-0.4, -0.2) is 30.2 Å². The molecule has 0 saturated carbocycles. The SMILES string of the molecule is CCCNc1nc(C(C)COC)nc(CCC)c1I. The van der Waals surface area contributed by atoms with E-state index < -0.39 is 0 Å². The summed E-state index contributed by atoms with van der Waals surface area (Å²) in [6.07, 6.45) is 3.18. The molecule has 0 aliphatic rings. The van der Waals surface area contributed by atoms with E-state index in [1.165, 1.54) is 0 Å². The largest absolute Gasteiger partial charge is 0.384 e. The highest BCUT2D eigenvalue weighted by Gasteiger charge is 2.15. The normalized spacial score (nSPS) is 12.5. The fourth-order valence-electron chi connectivity index (χ4n) is 1.82. The number of halogens is 1. The molecule has 0 fully saturated rings. The van der Waals surface area contributed by atoms with Crippen LogP contribution in [0.3, 0.4) is 0 Å². The fraction of sp³-hybridized carbons (Fsp3) is 0.714. The Kier molecular flexibility index (Phi) is 7.60. The Morgan fingerprint density at radius 1 is 1.26 bits per heavy atom. The molecule has 1 unspecified atom stereocenters. The van der Waals surface area contributed by atoms with Gasteiger partial charge in [-0.25, -0.2) is 9.97 Å². The molecule has 19 heavy (non-hydrogen) atoms. The number of methoxy groups -OCH3 is 1. The molecule has 0 aliphatic heterocycles. The molecule has 1 N–H and O–H groups in total. The van der Waals surface area contributed by atoms with E-state index in [0.29, 0.717) is 6.61 Å². The van der Waals surface area contributed by atoms with Crippen LogP contribution in [0, 0.1) is 3.57 Å². The average molecular weight is 377 g/mol. The summed E-state index contributed by atoms with van der Waals surface area (Å²) in [5.41, 5.74) is 1.15. The molecule has 1 heterocycles. The molecular formula is C14H24IN3O. The Hall–Kier alpha value is -0.430. The summed E-state index contributed by atoms with van der Waals surface area (Å²) >= 11 is 2.35. The van der Waals surface area contributed by atoms with Gasteiger partial charge >= 0.3 is 0 Å². The predicted octanol–water partition coefficient (Wildman–Crippen LogP) is 3.61. The summed E-state index contributed by atoms with van der Waals surface area (Å²) < 4.78 is 6.36. The van der Waals surface area contributed by atoms with Crippen LogP contribution < -0.4 is 5.32 Å². The van der Waals surface area contributed by atoms with Crippen molar-refractivity contribution in [3.05, 3.63) is 15.1 Å². The second-order valence-corrected chi connectivity index (χ2v) is 5.80. The van der Waals surface area contributed by atoms with Crippen LogP contribution >= 0.6 is 22.6 Å². The van der Waals surface area contributed by atoms with Crippen LogP contribution in [-0.2, 0) is 11.2 Å². The highest BCUT2D eigenvalue weighted by atomic mass is 127. The van der Waals surface area contributed by atoms with Crippen LogP contribution in [0.5, 0.6) is 0 Å². The van der Waals surface area contributed by atoms with E-state index in [2.05, 4.69) is 53.7 Å². The Labute approximate surface area is 129 Å². The van der Waals surface area contributed by atoms with Gasteiger partial charge in [-0.1, -0.05) is 27.2 Å². The molecule has 0 aliphatic carbocycles. The van der Waals surface area contributed by atoms with E-state index >= 15 is 0 Å². The van der Waals surface area contributed by atoms with Gasteiger partial charge in [0, 0.05) is 19.6 Å². The Morgan fingerprint density at radius 3 is 2.58 bits per heavy atom. The second kappa shape index (κ2) is 8.68. The summed E-state index contributed by atoms with van der Waals surface area (Å²) in [5, 5.41) is 3.40. The maximum absolute atomic E-state index is 5.21. The average Bonchev–Trinajstić information content (AvgIpc) is 2.40. The molecular weight excluding hydrogens is 353 g/mol. The van der Waals surface area contributed by atoms with Crippen molar-refractivity contribution in [1.82, 2.24) is 9.97 Å². The van der Waals surface area contributed by atoms with Crippen molar-refractivity contribution in [2.45, 2.75) is 46.0 Å². The summed E-state index contributed by atoms with van der Waals surface area (Å²) in [6, 6.07) is 0. The Morgan fingerprint density at radius 2 is 2.00 bits per heavy atom. The van der Waals surface area contributed by atoms with Crippen LogP contribution in [0.2, 0.25) is 0 Å². The lowest BCUT2D eigenvalue weighted by molar-refractivity contribution is 0.181. The molecule has 0 spiro atoms. The van der Waals surface area contributed by atoms with Gasteiger partial charge in [-0.3, -0.25) is 0 Å². The first kappa shape index (κ1) is 16.6. The van der Waals surface area contributed by atoms with Gasteiger partial charge in [-0.15, -0.1) is 0 Å². The number of aryl methyl sites for hydroxylation is 1. The minimum Gasteiger partial charge on any atom is -0.384 e. The fourth-order valence-corrected chi connectivity index (χ4v) is 2.52. The van der Waals surface area contributed by atoms with E-state index in [1.54, 1.807) is 7.11 Å². The zero-order chi connectivity index (χ0) is 14.3. The van der Waals surface area contributed by atoms with E-state index in [1.807, 2.05) is 0 Å². The number of hydrogen-bond donors (Lipinski definition) is 1. The maximum Gasteiger partial charge on any atom is 0.143 e. The van der Waals surface area contributed by atoms with E-state index in [4.69, 9.17) is 9.72 Å². The number of nitrogens with one attached hydrogen (secondary N) is 1. The van der Waals surface area contributed by atoms with Gasteiger partial charge in [0.05, 0.1) is 15.9 Å². The smallest absolute Gasteiger partial charge is 0.143 e. The highest BCUT2D eigenvalue weighted by Crippen LogP contribution is 2.23. The summed E-state index contributed by atoms with van der Waals surface area (Å²) in [7, 11) is 1.71. The Balaban J connectivity index is 3.06.